The number of hydrogen-bond acceptors (Lipinski definition) is 3. The highest BCUT2D eigenvalue weighted by atomic mass is 35.5. The first-order valence-electron chi connectivity index (χ1n) is 5.16. The highest BCUT2D eigenvalue weighted by molar-refractivity contribution is 6.17. The summed E-state index contributed by atoms with van der Waals surface area (Å²) in [6.07, 6.45) is 5.08. The van der Waals surface area contributed by atoms with Crippen LogP contribution in [0.5, 0.6) is 5.75 Å². The molecule has 0 aliphatic heterocycles. The van der Waals surface area contributed by atoms with E-state index in [0.29, 0.717) is 0 Å². The molecule has 0 unspecified atom stereocenters. The maximum atomic E-state index is 5.58. The van der Waals surface area contributed by atoms with Gasteiger partial charge < -0.3 is 10.1 Å². The molecule has 0 fully saturated rings. The molecule has 0 aliphatic carbocycles. The van der Waals surface area contributed by atoms with Gasteiger partial charge in [-0.3, -0.25) is 0 Å². The second-order valence-corrected chi connectivity index (χ2v) is 3.64. The van der Waals surface area contributed by atoms with Crippen molar-refractivity contribution < 1.29 is 4.74 Å². The number of aromatic nitrogens is 1. The topological polar surface area (TPSA) is 34.1 Å². The largest absolute Gasteiger partial charge is 0.495 e. The Morgan fingerprint density at radius 2 is 2.20 bits per heavy atom. The van der Waals surface area contributed by atoms with Gasteiger partial charge in [0.2, 0.25) is 0 Å². The average molecular weight is 229 g/mol. The van der Waals surface area contributed by atoms with Gasteiger partial charge in [0.25, 0.3) is 0 Å². The lowest BCUT2D eigenvalue weighted by molar-refractivity contribution is 0.413. The van der Waals surface area contributed by atoms with Gasteiger partial charge >= 0.3 is 0 Å². The fourth-order valence-corrected chi connectivity index (χ4v) is 1.41. The fraction of sp³-hybridized carbons (Fsp3) is 0.545. The maximum Gasteiger partial charge on any atom is 0.137 e. The lowest BCUT2D eigenvalue weighted by Gasteiger charge is -2.05. The Labute approximate surface area is 95.8 Å². The smallest absolute Gasteiger partial charge is 0.137 e. The summed E-state index contributed by atoms with van der Waals surface area (Å²) in [6.45, 7) is 0.941. The predicted molar refractivity (Wildman–Crippen MR) is 63.8 cm³/mol. The molecule has 0 saturated heterocycles. The summed E-state index contributed by atoms with van der Waals surface area (Å²) in [7, 11) is 1.64. The van der Waals surface area contributed by atoms with Gasteiger partial charge in [0.1, 0.15) is 11.6 Å². The van der Waals surface area contributed by atoms with Crippen molar-refractivity contribution in [3.8, 4) is 5.75 Å². The van der Waals surface area contributed by atoms with Gasteiger partial charge in [-0.1, -0.05) is 6.42 Å². The monoisotopic (exact) mass is 228 g/mol. The Morgan fingerprint density at radius 3 is 2.80 bits per heavy atom. The van der Waals surface area contributed by atoms with E-state index < -0.39 is 0 Å². The number of nitrogens with zero attached hydrogens (tertiary/aromatic N) is 1. The van der Waals surface area contributed by atoms with Crippen molar-refractivity contribution >= 4 is 17.4 Å². The molecule has 0 bridgehead atoms. The first-order valence-corrected chi connectivity index (χ1v) is 5.70. The second kappa shape index (κ2) is 7.35. The average Bonchev–Trinajstić information content (AvgIpc) is 2.30. The molecule has 0 atom stereocenters. The molecule has 0 amide bonds. The zero-order valence-corrected chi connectivity index (χ0v) is 9.76. The van der Waals surface area contributed by atoms with E-state index in [-0.39, 0.29) is 0 Å². The number of pyridine rings is 1. The Bertz CT molecular complexity index is 264. The van der Waals surface area contributed by atoms with Gasteiger partial charge in [-0.25, -0.2) is 4.98 Å². The standard InChI is InChI=1S/C11H17ClN2O/c1-15-10-5-6-11(14-9-10)13-8-4-2-3-7-12/h5-6,9H,2-4,7-8H2,1H3,(H,13,14). The normalized spacial score (nSPS) is 10.0. The number of unbranched alkanes of at least 4 members (excludes halogenated alkanes) is 2. The van der Waals surface area contributed by atoms with Gasteiger partial charge in [0.05, 0.1) is 13.3 Å². The molecule has 0 aromatic carbocycles. The Kier molecular flexibility index (Phi) is 5.93. The number of hydrogen-bond donors (Lipinski definition) is 1. The van der Waals surface area contributed by atoms with E-state index in [9.17, 15) is 0 Å². The van der Waals surface area contributed by atoms with Crippen LogP contribution in [0.25, 0.3) is 0 Å². The van der Waals surface area contributed by atoms with Gasteiger partial charge in [0.15, 0.2) is 0 Å². The molecule has 1 rings (SSSR count). The number of rotatable bonds is 7. The third-order valence-corrected chi connectivity index (χ3v) is 2.36. The molecule has 3 nitrogen and oxygen atoms in total. The summed E-state index contributed by atoms with van der Waals surface area (Å²) in [5, 5.41) is 3.25. The number of ether oxygens (including phenoxy) is 1. The molecule has 0 aliphatic rings. The molecule has 0 spiro atoms. The van der Waals surface area contributed by atoms with E-state index >= 15 is 0 Å². The maximum absolute atomic E-state index is 5.58. The zero-order valence-electron chi connectivity index (χ0n) is 9.00. The third kappa shape index (κ3) is 4.88. The molecule has 0 radical (unpaired) electrons. The summed E-state index contributed by atoms with van der Waals surface area (Å²) < 4.78 is 5.02. The molecule has 84 valence electrons. The van der Waals surface area contributed by atoms with Crippen LogP contribution in [0.3, 0.4) is 0 Å². The Balaban J connectivity index is 2.20. The highest BCUT2D eigenvalue weighted by Gasteiger charge is 1.94. The highest BCUT2D eigenvalue weighted by Crippen LogP contribution is 2.11. The molecular weight excluding hydrogens is 212 g/mol. The number of nitrogens with one attached hydrogen (secondary N) is 1. The first kappa shape index (κ1) is 12.1. The third-order valence-electron chi connectivity index (χ3n) is 2.09. The van der Waals surface area contributed by atoms with E-state index in [1.807, 2.05) is 12.1 Å². The fourth-order valence-electron chi connectivity index (χ4n) is 1.22. The quantitative estimate of drug-likeness (QED) is 0.576. The first-order chi connectivity index (χ1) is 7.36. The summed E-state index contributed by atoms with van der Waals surface area (Å²) in [5.74, 6) is 2.42. The SMILES string of the molecule is COc1ccc(NCCCCCCl)nc1. The van der Waals surface area contributed by atoms with Crippen LogP contribution >= 0.6 is 11.6 Å². The molecule has 4 heteroatoms. The summed E-state index contributed by atoms with van der Waals surface area (Å²) in [5.41, 5.74) is 0. The van der Waals surface area contributed by atoms with E-state index in [2.05, 4.69) is 10.3 Å². The molecule has 1 aromatic rings. The number of halogens is 1. The predicted octanol–water partition coefficient (Wildman–Crippen LogP) is 2.91. The van der Waals surface area contributed by atoms with Crippen LogP contribution in [0.4, 0.5) is 5.82 Å². The van der Waals surface area contributed by atoms with Gasteiger partial charge in [-0.15, -0.1) is 11.6 Å². The zero-order chi connectivity index (χ0) is 10.9. The van der Waals surface area contributed by atoms with Crippen molar-refractivity contribution in [3.05, 3.63) is 18.3 Å². The number of anilines is 1. The summed E-state index contributed by atoms with van der Waals surface area (Å²) in [6, 6.07) is 3.81. The lowest BCUT2D eigenvalue weighted by Crippen LogP contribution is -2.03. The van der Waals surface area contributed by atoms with E-state index in [1.165, 1.54) is 0 Å². The van der Waals surface area contributed by atoms with Crippen molar-refractivity contribution in [2.45, 2.75) is 19.3 Å². The molecule has 0 saturated carbocycles. The lowest BCUT2D eigenvalue weighted by atomic mass is 10.2. The van der Waals surface area contributed by atoms with Crippen LogP contribution in [0.1, 0.15) is 19.3 Å². The number of methoxy groups -OCH3 is 1. The molecule has 1 aromatic heterocycles. The van der Waals surface area contributed by atoms with E-state index in [1.54, 1.807) is 13.3 Å². The van der Waals surface area contributed by atoms with Crippen LogP contribution in [-0.4, -0.2) is 24.5 Å². The molecular formula is C11H17ClN2O. The molecule has 1 heterocycles. The molecule has 1 N–H and O–H groups in total. The minimum absolute atomic E-state index is 0.751. The van der Waals surface area contributed by atoms with Gasteiger partial charge in [-0.2, -0.15) is 0 Å². The van der Waals surface area contributed by atoms with Crippen molar-refractivity contribution in [1.29, 1.82) is 0 Å². The minimum atomic E-state index is 0.751. The number of alkyl halides is 1. The van der Waals surface area contributed by atoms with Crippen LogP contribution in [0.2, 0.25) is 0 Å². The van der Waals surface area contributed by atoms with Crippen LogP contribution in [-0.2, 0) is 0 Å². The minimum Gasteiger partial charge on any atom is -0.495 e. The van der Waals surface area contributed by atoms with E-state index in [4.69, 9.17) is 16.3 Å². The van der Waals surface area contributed by atoms with Gasteiger partial charge in [-0.05, 0) is 25.0 Å². The summed E-state index contributed by atoms with van der Waals surface area (Å²) in [4.78, 5) is 4.21. The van der Waals surface area contributed by atoms with Crippen LogP contribution in [0.15, 0.2) is 18.3 Å². The van der Waals surface area contributed by atoms with Crippen LogP contribution in [0, 0.1) is 0 Å². The van der Waals surface area contributed by atoms with Crippen LogP contribution < -0.4 is 10.1 Å². The van der Waals surface area contributed by atoms with Crippen molar-refractivity contribution in [2.75, 3.05) is 24.9 Å². The van der Waals surface area contributed by atoms with E-state index in [0.717, 1.165) is 43.3 Å². The second-order valence-electron chi connectivity index (χ2n) is 3.26. The van der Waals surface area contributed by atoms with Crippen molar-refractivity contribution in [1.82, 2.24) is 4.98 Å². The van der Waals surface area contributed by atoms with Crippen molar-refractivity contribution in [2.24, 2.45) is 0 Å². The van der Waals surface area contributed by atoms with Crippen molar-refractivity contribution in [3.63, 3.8) is 0 Å². The summed E-state index contributed by atoms with van der Waals surface area (Å²) >= 11 is 5.58. The molecule has 15 heavy (non-hydrogen) atoms. The van der Waals surface area contributed by atoms with Gasteiger partial charge in [0, 0.05) is 12.4 Å². The Morgan fingerprint density at radius 1 is 1.33 bits per heavy atom. The Hall–Kier alpha value is -0.960.